The fourth-order valence-electron chi connectivity index (χ4n) is 5.77. The van der Waals surface area contributed by atoms with Crippen LogP contribution in [0.1, 0.15) is 104 Å². The highest BCUT2D eigenvalue weighted by molar-refractivity contribution is 7.99. The number of ether oxygens (including phenoxy) is 3. The van der Waals surface area contributed by atoms with Gasteiger partial charge in [-0.15, -0.1) is 18.2 Å². The Morgan fingerprint density at radius 3 is 1.56 bits per heavy atom. The SMILES string of the molecule is C#CC#CC#CC#CC#CC#CC#CC#CC#CC#CC#CC#CCC(=O)N[C@@H](CO[C@H]1OC(CSCC(=O)OCC)[C@H](O)C(O)[C@@H]1O)[C@H](O)[C@H](O)CCCCCCCCCCCCCC. The number of unbranched alkanes of at least 4 members (excludes halogenated alkanes) is 11. The summed E-state index contributed by atoms with van der Waals surface area (Å²) in [6, 6.07) is -1.18. The first kappa shape index (κ1) is 57.7. The molecular formula is C54H57NO10S. The lowest BCUT2D eigenvalue weighted by molar-refractivity contribution is -0.294. The average Bonchev–Trinajstić information content (AvgIpc) is 3.31. The van der Waals surface area contributed by atoms with Gasteiger partial charge in [-0.25, -0.2) is 0 Å². The van der Waals surface area contributed by atoms with Crippen molar-refractivity contribution in [3.8, 4) is 143 Å². The largest absolute Gasteiger partial charge is 0.465 e. The van der Waals surface area contributed by atoms with E-state index in [2.05, 4.69) is 148 Å². The fraction of sp³-hybridized carbons (Fsp3) is 0.519. The summed E-state index contributed by atoms with van der Waals surface area (Å²) in [6.45, 7) is 3.66. The lowest BCUT2D eigenvalue weighted by Gasteiger charge is -2.41. The van der Waals surface area contributed by atoms with Gasteiger partial charge in [0.25, 0.3) is 0 Å². The molecule has 1 heterocycles. The van der Waals surface area contributed by atoms with Gasteiger partial charge in [-0.2, -0.15) is 0 Å². The van der Waals surface area contributed by atoms with Crippen LogP contribution in [0.2, 0.25) is 0 Å². The van der Waals surface area contributed by atoms with Crippen molar-refractivity contribution in [2.75, 3.05) is 24.7 Å². The number of thioether (sulfide) groups is 1. The molecule has 0 aromatic carbocycles. The summed E-state index contributed by atoms with van der Waals surface area (Å²) in [5.74, 6) is 55.5. The Bertz CT molecular complexity index is 2290. The van der Waals surface area contributed by atoms with Gasteiger partial charge < -0.3 is 45.1 Å². The van der Waals surface area contributed by atoms with Crippen LogP contribution in [-0.2, 0) is 23.8 Å². The number of rotatable bonds is 25. The molecule has 2 unspecified atom stereocenters. The molecule has 344 valence electrons. The number of carbonyl (C=O) groups is 2. The minimum absolute atomic E-state index is 0.0240. The lowest BCUT2D eigenvalue weighted by atomic mass is 9.98. The zero-order valence-corrected chi connectivity index (χ0v) is 38.4. The molecule has 1 aliphatic rings. The maximum atomic E-state index is 12.9. The smallest absolute Gasteiger partial charge is 0.315 e. The van der Waals surface area contributed by atoms with Crippen LogP contribution in [0, 0.1) is 143 Å². The van der Waals surface area contributed by atoms with E-state index in [1.807, 2.05) is 0 Å². The number of amides is 1. The first-order valence-electron chi connectivity index (χ1n) is 21.8. The molecule has 12 heteroatoms. The minimum Gasteiger partial charge on any atom is -0.465 e. The van der Waals surface area contributed by atoms with E-state index < -0.39 is 67.4 Å². The van der Waals surface area contributed by atoms with Gasteiger partial charge in [0.05, 0.1) is 43.6 Å². The summed E-state index contributed by atoms with van der Waals surface area (Å²) in [6.07, 6.45) is 8.55. The van der Waals surface area contributed by atoms with E-state index in [-0.39, 0.29) is 31.0 Å². The van der Waals surface area contributed by atoms with Gasteiger partial charge in [0.15, 0.2) is 6.29 Å². The second kappa shape index (κ2) is 40.3. The highest BCUT2D eigenvalue weighted by Crippen LogP contribution is 2.25. The van der Waals surface area contributed by atoms with Crippen LogP contribution in [0.25, 0.3) is 0 Å². The van der Waals surface area contributed by atoms with Crippen LogP contribution in [0.4, 0.5) is 0 Å². The van der Waals surface area contributed by atoms with Crippen molar-refractivity contribution >= 4 is 23.6 Å². The second-order valence-corrected chi connectivity index (χ2v) is 15.2. The van der Waals surface area contributed by atoms with E-state index in [0.29, 0.717) is 6.42 Å². The van der Waals surface area contributed by atoms with E-state index in [1.54, 1.807) is 6.92 Å². The molecule has 0 spiro atoms. The first-order chi connectivity index (χ1) is 32.2. The summed E-state index contributed by atoms with van der Waals surface area (Å²) in [5, 5.41) is 56.5. The summed E-state index contributed by atoms with van der Waals surface area (Å²) in [7, 11) is 0. The standard InChI is InChI=1S/C54H57NO10S/c1-4-7-9-11-13-15-17-19-20-21-22-23-24-25-26-27-28-29-31-33-35-37-39-41-48(57)55-45(50(59)46(56)40-38-36-34-32-30-18-16-14-12-10-8-5-2)42-64-54-53(62)52(61)51(60)47(65-54)43-66-44-49(58)63-6-3/h1,45-47,50-54,56,59-62H,5-6,8,10,12,14,16,18,30,32,34,36,38,40-44H2,2-3H3,(H,55,57)/t45-,46+,47?,50-,51-,52?,53-,54-/m0/s1. The zero-order chi connectivity index (χ0) is 48.3. The molecule has 1 saturated heterocycles. The van der Waals surface area contributed by atoms with Gasteiger partial charge >= 0.3 is 5.97 Å². The first-order valence-corrected chi connectivity index (χ1v) is 22.9. The molecule has 0 aromatic heterocycles. The molecule has 1 rings (SSSR count). The third-order valence-electron chi connectivity index (χ3n) is 9.08. The highest BCUT2D eigenvalue weighted by atomic mass is 32.2. The summed E-state index contributed by atoms with van der Waals surface area (Å²) in [4.78, 5) is 24.7. The fourth-order valence-corrected chi connectivity index (χ4v) is 6.64. The van der Waals surface area contributed by atoms with Crippen LogP contribution >= 0.6 is 11.8 Å². The number of aliphatic hydroxyl groups excluding tert-OH is 5. The molecule has 1 amide bonds. The van der Waals surface area contributed by atoms with E-state index in [1.165, 1.54) is 44.9 Å². The van der Waals surface area contributed by atoms with Crippen LogP contribution in [0.15, 0.2) is 0 Å². The predicted octanol–water partition coefficient (Wildman–Crippen LogP) is 2.47. The molecule has 0 aliphatic carbocycles. The van der Waals surface area contributed by atoms with E-state index in [9.17, 15) is 35.1 Å². The van der Waals surface area contributed by atoms with Crippen LogP contribution in [0.5, 0.6) is 0 Å². The Morgan fingerprint density at radius 2 is 1.09 bits per heavy atom. The van der Waals surface area contributed by atoms with Crippen molar-refractivity contribution in [3.05, 3.63) is 0 Å². The van der Waals surface area contributed by atoms with Crippen molar-refractivity contribution in [1.82, 2.24) is 5.32 Å². The zero-order valence-electron chi connectivity index (χ0n) is 37.6. The van der Waals surface area contributed by atoms with Crippen LogP contribution in [-0.4, -0.2) is 111 Å². The van der Waals surface area contributed by atoms with Crippen molar-refractivity contribution < 1.29 is 49.3 Å². The number of hydrogen-bond acceptors (Lipinski definition) is 11. The normalized spacial score (nSPS) is 17.2. The van der Waals surface area contributed by atoms with E-state index in [4.69, 9.17) is 20.6 Å². The number of aliphatic hydroxyl groups is 5. The number of carbonyl (C=O) groups excluding carboxylic acids is 2. The van der Waals surface area contributed by atoms with Gasteiger partial charge in [-0.3, -0.25) is 9.59 Å². The molecule has 8 atom stereocenters. The molecule has 1 fully saturated rings. The topological polar surface area (TPSA) is 175 Å². The highest BCUT2D eigenvalue weighted by Gasteiger charge is 2.44. The maximum absolute atomic E-state index is 12.9. The summed E-state index contributed by atoms with van der Waals surface area (Å²) >= 11 is 1.10. The molecule has 66 heavy (non-hydrogen) atoms. The third-order valence-corrected chi connectivity index (χ3v) is 10.1. The predicted molar refractivity (Wildman–Crippen MR) is 255 cm³/mol. The van der Waals surface area contributed by atoms with Gasteiger partial charge in [0.1, 0.15) is 24.4 Å². The molecule has 1 aliphatic heterocycles. The van der Waals surface area contributed by atoms with Crippen LogP contribution in [0.3, 0.4) is 0 Å². The van der Waals surface area contributed by atoms with Gasteiger partial charge in [-0.1, -0.05) is 89.9 Å². The Kier molecular flexibility index (Phi) is 35.2. The second-order valence-electron chi connectivity index (χ2n) is 14.2. The van der Waals surface area contributed by atoms with Crippen molar-refractivity contribution in [2.24, 2.45) is 0 Å². The number of nitrogens with one attached hydrogen (secondary N) is 1. The number of esters is 1. The summed E-state index contributed by atoms with van der Waals surface area (Å²) in [5.41, 5.74) is 0. The maximum Gasteiger partial charge on any atom is 0.315 e. The monoisotopic (exact) mass is 911 g/mol. The molecule has 0 saturated carbocycles. The quantitative estimate of drug-likeness (QED) is 0.0452. The lowest BCUT2D eigenvalue weighted by Crippen LogP contribution is -2.60. The molecule has 0 bridgehead atoms. The van der Waals surface area contributed by atoms with Crippen molar-refractivity contribution in [3.63, 3.8) is 0 Å². The molecule has 11 nitrogen and oxygen atoms in total. The minimum atomic E-state index is -1.69. The Morgan fingerprint density at radius 1 is 0.636 bits per heavy atom. The molecule has 0 radical (unpaired) electrons. The average molecular weight is 912 g/mol. The van der Waals surface area contributed by atoms with Gasteiger partial charge in [0.2, 0.25) is 5.91 Å². The van der Waals surface area contributed by atoms with Gasteiger partial charge in [-0.05, 0) is 108 Å². The van der Waals surface area contributed by atoms with E-state index >= 15 is 0 Å². The van der Waals surface area contributed by atoms with Gasteiger partial charge in [0, 0.05) is 41.3 Å². The molecular weight excluding hydrogens is 855 g/mol. The summed E-state index contributed by atoms with van der Waals surface area (Å²) < 4.78 is 16.4. The third kappa shape index (κ3) is 30.0. The van der Waals surface area contributed by atoms with Crippen LogP contribution < -0.4 is 5.32 Å². The van der Waals surface area contributed by atoms with Crippen molar-refractivity contribution in [1.29, 1.82) is 0 Å². The Labute approximate surface area is 396 Å². The number of terminal acetylenes is 1. The Balaban J connectivity index is 2.82. The molecule has 6 N–H and O–H groups in total. The van der Waals surface area contributed by atoms with E-state index in [0.717, 1.165) is 37.4 Å². The van der Waals surface area contributed by atoms with Crippen molar-refractivity contribution in [2.45, 2.75) is 153 Å². The molecule has 0 aromatic rings. The Hall–Kier alpha value is -6.27. The number of hydrogen-bond donors (Lipinski definition) is 6.